The van der Waals surface area contributed by atoms with Crippen molar-refractivity contribution in [3.05, 3.63) is 35.4 Å². The van der Waals surface area contributed by atoms with Gasteiger partial charge in [0.05, 0.1) is 0 Å². The maximum Gasteiger partial charge on any atom is 0.251 e. The predicted molar refractivity (Wildman–Crippen MR) is 54.5 cm³/mol. The lowest BCUT2D eigenvalue weighted by Crippen LogP contribution is -2.41. The number of benzene rings is 1. The number of amides is 1. The monoisotopic (exact) mass is 229 g/mol. The van der Waals surface area contributed by atoms with Gasteiger partial charge in [0.15, 0.2) is 11.6 Å². The minimum atomic E-state index is -1.49. The molecule has 0 saturated carbocycles. The smallest absolute Gasteiger partial charge is 0.251 e. The standard InChI is InChI=1S/C11H13F2NO2/c1-11(2,16)10(15)14-6-7-3-4-8(12)9(13)5-7/h3-5,16H,6H2,1-2H3,(H,14,15). The van der Waals surface area contributed by atoms with Crippen LogP contribution in [0.1, 0.15) is 19.4 Å². The Kier molecular flexibility index (Phi) is 3.59. The second-order valence-corrected chi connectivity index (χ2v) is 3.99. The number of carbonyl (C=O) groups excluding carboxylic acids is 1. The van der Waals surface area contributed by atoms with Crippen LogP contribution < -0.4 is 5.32 Å². The lowest BCUT2D eigenvalue weighted by Gasteiger charge is -2.16. The van der Waals surface area contributed by atoms with Gasteiger partial charge in [-0.2, -0.15) is 0 Å². The molecular formula is C11H13F2NO2. The first-order valence-corrected chi connectivity index (χ1v) is 4.75. The Morgan fingerprint density at radius 2 is 2.00 bits per heavy atom. The minimum Gasteiger partial charge on any atom is -0.381 e. The number of halogens is 2. The van der Waals surface area contributed by atoms with Crippen LogP contribution in [0.25, 0.3) is 0 Å². The SMILES string of the molecule is CC(C)(O)C(=O)NCc1ccc(F)c(F)c1. The third kappa shape index (κ3) is 3.27. The molecule has 3 nitrogen and oxygen atoms in total. The fourth-order valence-corrected chi connectivity index (χ4v) is 1.05. The summed E-state index contributed by atoms with van der Waals surface area (Å²) in [6.07, 6.45) is 0. The number of hydrogen-bond acceptors (Lipinski definition) is 2. The molecule has 0 fully saturated rings. The summed E-state index contributed by atoms with van der Waals surface area (Å²) in [6.45, 7) is 2.72. The summed E-state index contributed by atoms with van der Waals surface area (Å²) in [7, 11) is 0. The first-order valence-electron chi connectivity index (χ1n) is 4.75. The zero-order valence-electron chi connectivity index (χ0n) is 9.05. The van der Waals surface area contributed by atoms with Crippen molar-refractivity contribution < 1.29 is 18.7 Å². The van der Waals surface area contributed by atoms with Gasteiger partial charge in [0, 0.05) is 6.54 Å². The van der Waals surface area contributed by atoms with E-state index in [9.17, 15) is 18.7 Å². The van der Waals surface area contributed by atoms with Crippen molar-refractivity contribution in [1.29, 1.82) is 0 Å². The molecule has 0 aromatic heterocycles. The average molecular weight is 229 g/mol. The Hall–Kier alpha value is -1.49. The lowest BCUT2D eigenvalue weighted by atomic mass is 10.1. The van der Waals surface area contributed by atoms with E-state index in [-0.39, 0.29) is 6.54 Å². The second-order valence-electron chi connectivity index (χ2n) is 3.99. The highest BCUT2D eigenvalue weighted by atomic mass is 19.2. The highest BCUT2D eigenvalue weighted by molar-refractivity contribution is 5.83. The number of nitrogens with one attached hydrogen (secondary N) is 1. The molecule has 0 unspecified atom stereocenters. The maximum atomic E-state index is 12.8. The molecule has 1 aromatic carbocycles. The average Bonchev–Trinajstić information content (AvgIpc) is 2.18. The van der Waals surface area contributed by atoms with Crippen molar-refractivity contribution in [2.45, 2.75) is 26.0 Å². The maximum absolute atomic E-state index is 12.8. The largest absolute Gasteiger partial charge is 0.381 e. The van der Waals surface area contributed by atoms with Gasteiger partial charge in [-0.3, -0.25) is 4.79 Å². The molecule has 0 aliphatic carbocycles. The molecule has 0 atom stereocenters. The van der Waals surface area contributed by atoms with Gasteiger partial charge in [0.2, 0.25) is 0 Å². The molecule has 88 valence electrons. The third-order valence-electron chi connectivity index (χ3n) is 1.99. The van der Waals surface area contributed by atoms with E-state index in [1.165, 1.54) is 19.9 Å². The fraction of sp³-hybridized carbons (Fsp3) is 0.364. The molecule has 0 aliphatic heterocycles. The van der Waals surface area contributed by atoms with Gasteiger partial charge in [-0.25, -0.2) is 8.78 Å². The van der Waals surface area contributed by atoms with Crippen molar-refractivity contribution in [3.8, 4) is 0 Å². The van der Waals surface area contributed by atoms with E-state index in [1.54, 1.807) is 0 Å². The molecule has 0 saturated heterocycles. The molecule has 0 heterocycles. The minimum absolute atomic E-state index is 0.0417. The van der Waals surface area contributed by atoms with E-state index >= 15 is 0 Å². The van der Waals surface area contributed by atoms with Crippen LogP contribution in [0.2, 0.25) is 0 Å². The number of carbonyl (C=O) groups is 1. The van der Waals surface area contributed by atoms with Crippen LogP contribution in [0, 0.1) is 11.6 Å². The molecule has 2 N–H and O–H groups in total. The normalized spacial score (nSPS) is 11.3. The number of aliphatic hydroxyl groups is 1. The Labute approximate surface area is 92.1 Å². The molecule has 1 aromatic rings. The van der Waals surface area contributed by atoms with Crippen molar-refractivity contribution in [3.63, 3.8) is 0 Å². The van der Waals surface area contributed by atoms with E-state index < -0.39 is 23.1 Å². The predicted octanol–water partition coefficient (Wildman–Crippen LogP) is 1.35. The van der Waals surface area contributed by atoms with Crippen molar-refractivity contribution in [2.24, 2.45) is 0 Å². The zero-order chi connectivity index (χ0) is 12.3. The molecule has 0 spiro atoms. The second kappa shape index (κ2) is 4.57. The quantitative estimate of drug-likeness (QED) is 0.822. The Morgan fingerprint density at radius 3 is 2.50 bits per heavy atom. The van der Waals surface area contributed by atoms with E-state index in [0.29, 0.717) is 5.56 Å². The van der Waals surface area contributed by atoms with Gasteiger partial charge in [-0.15, -0.1) is 0 Å². The lowest BCUT2D eigenvalue weighted by molar-refractivity contribution is -0.136. The summed E-state index contributed by atoms with van der Waals surface area (Å²) in [5.74, 6) is -2.47. The van der Waals surface area contributed by atoms with Gasteiger partial charge < -0.3 is 10.4 Å². The van der Waals surface area contributed by atoms with E-state index in [2.05, 4.69) is 5.32 Å². The summed E-state index contributed by atoms with van der Waals surface area (Å²) in [6, 6.07) is 3.35. The van der Waals surface area contributed by atoms with E-state index in [1.807, 2.05) is 0 Å². The highest BCUT2D eigenvalue weighted by Gasteiger charge is 2.22. The van der Waals surface area contributed by atoms with Crippen LogP contribution in [-0.4, -0.2) is 16.6 Å². The van der Waals surface area contributed by atoms with Crippen LogP contribution in [0.5, 0.6) is 0 Å². The van der Waals surface area contributed by atoms with E-state index in [4.69, 9.17) is 0 Å². The number of rotatable bonds is 3. The van der Waals surface area contributed by atoms with Crippen molar-refractivity contribution in [2.75, 3.05) is 0 Å². The zero-order valence-corrected chi connectivity index (χ0v) is 9.05. The van der Waals surface area contributed by atoms with Crippen LogP contribution in [0.15, 0.2) is 18.2 Å². The van der Waals surface area contributed by atoms with E-state index in [0.717, 1.165) is 12.1 Å². The van der Waals surface area contributed by atoms with Gasteiger partial charge in [0.25, 0.3) is 5.91 Å². The van der Waals surface area contributed by atoms with Crippen molar-refractivity contribution in [1.82, 2.24) is 5.32 Å². The third-order valence-corrected chi connectivity index (χ3v) is 1.99. The van der Waals surface area contributed by atoms with Gasteiger partial charge in [-0.1, -0.05) is 6.07 Å². The molecule has 1 amide bonds. The first kappa shape index (κ1) is 12.6. The molecule has 1 rings (SSSR count). The summed E-state index contributed by atoms with van der Waals surface area (Å²) >= 11 is 0. The Morgan fingerprint density at radius 1 is 1.38 bits per heavy atom. The first-order chi connectivity index (χ1) is 7.30. The molecule has 16 heavy (non-hydrogen) atoms. The van der Waals surface area contributed by atoms with Crippen LogP contribution in [-0.2, 0) is 11.3 Å². The molecule has 0 bridgehead atoms. The van der Waals surface area contributed by atoms with Crippen LogP contribution in [0.4, 0.5) is 8.78 Å². The number of hydrogen-bond donors (Lipinski definition) is 2. The molecular weight excluding hydrogens is 216 g/mol. The van der Waals surface area contributed by atoms with Crippen LogP contribution >= 0.6 is 0 Å². The van der Waals surface area contributed by atoms with Gasteiger partial charge in [-0.05, 0) is 31.5 Å². The summed E-state index contributed by atoms with van der Waals surface area (Å²) in [5.41, 5.74) is -1.06. The van der Waals surface area contributed by atoms with Crippen molar-refractivity contribution >= 4 is 5.91 Å². The van der Waals surface area contributed by atoms with Gasteiger partial charge >= 0.3 is 0 Å². The highest BCUT2D eigenvalue weighted by Crippen LogP contribution is 2.09. The summed E-state index contributed by atoms with van der Waals surface area (Å²) in [5, 5.41) is 11.7. The fourth-order valence-electron chi connectivity index (χ4n) is 1.05. The summed E-state index contributed by atoms with van der Waals surface area (Å²) in [4.78, 5) is 11.3. The van der Waals surface area contributed by atoms with Gasteiger partial charge in [0.1, 0.15) is 5.60 Å². The summed E-state index contributed by atoms with van der Waals surface area (Å²) < 4.78 is 25.4. The molecule has 0 radical (unpaired) electrons. The molecule has 5 heteroatoms. The van der Waals surface area contributed by atoms with Crippen LogP contribution in [0.3, 0.4) is 0 Å². The molecule has 0 aliphatic rings. The Balaban J connectivity index is 2.62. The topological polar surface area (TPSA) is 49.3 Å². The Bertz CT molecular complexity index is 399.